The Morgan fingerprint density at radius 3 is 2.48 bits per heavy atom. The van der Waals surface area contributed by atoms with Gasteiger partial charge in [0.1, 0.15) is 0 Å². The molecule has 1 saturated heterocycles. The maximum atomic E-state index is 12.6. The second-order valence-electron chi connectivity index (χ2n) is 5.06. The van der Waals surface area contributed by atoms with E-state index in [4.69, 9.17) is 5.11 Å². The molecule has 1 rings (SSSR count). The molecule has 0 saturated carbocycles. The van der Waals surface area contributed by atoms with Crippen molar-refractivity contribution in [2.24, 2.45) is 0 Å². The van der Waals surface area contributed by atoms with Gasteiger partial charge in [0.2, 0.25) is 0 Å². The lowest BCUT2D eigenvalue weighted by Crippen LogP contribution is -2.36. The Morgan fingerprint density at radius 2 is 1.90 bits per heavy atom. The Labute approximate surface area is 119 Å². The van der Waals surface area contributed by atoms with Crippen LogP contribution in [0.5, 0.6) is 0 Å². The number of carbonyl (C=O) groups is 1. The van der Waals surface area contributed by atoms with E-state index in [2.05, 4.69) is 0 Å². The Hall–Kier alpha value is -1.34. The summed E-state index contributed by atoms with van der Waals surface area (Å²) < 4.78 is 60.9. The van der Waals surface area contributed by atoms with Gasteiger partial charge >= 0.3 is 18.2 Å². The Kier molecular flexibility index (Phi) is 5.98. The highest BCUT2D eigenvalue weighted by Gasteiger charge is 2.56. The third-order valence-electron chi connectivity index (χ3n) is 3.43. The standard InChI is InChI=1S/C13H18F5NO2/c14-12(15,13(16,17)18)8-4-2-1-3-6-10-7-5-9-19(10)11(20)21/h3,6,10H,1-2,4-5,7-9H2,(H,20,21)/t10-/m1/s1. The first-order valence-electron chi connectivity index (χ1n) is 6.76. The highest BCUT2D eigenvalue weighted by molar-refractivity contribution is 5.66. The fraction of sp³-hybridized carbons (Fsp3) is 0.769. The van der Waals surface area contributed by atoms with Gasteiger partial charge in [-0.15, -0.1) is 0 Å². The Balaban J connectivity index is 2.25. The van der Waals surface area contributed by atoms with Crippen molar-refractivity contribution in [3.8, 4) is 0 Å². The zero-order valence-electron chi connectivity index (χ0n) is 11.4. The van der Waals surface area contributed by atoms with Crippen LogP contribution in [0.1, 0.15) is 38.5 Å². The lowest BCUT2D eigenvalue weighted by atomic mass is 10.1. The molecule has 21 heavy (non-hydrogen) atoms. The van der Waals surface area contributed by atoms with Gasteiger partial charge < -0.3 is 10.0 Å². The number of amides is 1. The molecule has 0 aromatic carbocycles. The van der Waals surface area contributed by atoms with Gasteiger partial charge in [-0.3, -0.25) is 0 Å². The molecule has 1 fully saturated rings. The van der Waals surface area contributed by atoms with E-state index in [1.165, 1.54) is 4.90 Å². The molecule has 1 heterocycles. The summed E-state index contributed by atoms with van der Waals surface area (Å²) in [5, 5.41) is 8.89. The van der Waals surface area contributed by atoms with E-state index in [-0.39, 0.29) is 18.9 Å². The third-order valence-corrected chi connectivity index (χ3v) is 3.43. The summed E-state index contributed by atoms with van der Waals surface area (Å²) in [6.45, 7) is 0.460. The van der Waals surface area contributed by atoms with E-state index in [0.717, 1.165) is 6.42 Å². The molecule has 0 spiro atoms. The van der Waals surface area contributed by atoms with Crippen LogP contribution in [-0.2, 0) is 0 Å². The predicted molar refractivity (Wildman–Crippen MR) is 66.4 cm³/mol. The SMILES string of the molecule is O=C(O)N1CCC[C@H]1C=CCCCCC(F)(F)C(F)(F)F. The number of carboxylic acid groups (broad SMARTS) is 1. The topological polar surface area (TPSA) is 40.5 Å². The molecule has 1 N–H and O–H groups in total. The number of hydrogen-bond acceptors (Lipinski definition) is 1. The van der Waals surface area contributed by atoms with Gasteiger partial charge in [0.15, 0.2) is 0 Å². The molecular weight excluding hydrogens is 297 g/mol. The molecule has 1 atom stereocenters. The second kappa shape index (κ2) is 7.09. The van der Waals surface area contributed by atoms with Crippen molar-refractivity contribution in [3.05, 3.63) is 12.2 Å². The number of halogens is 5. The lowest BCUT2D eigenvalue weighted by Gasteiger charge is -2.19. The number of unbranched alkanes of at least 4 members (excludes halogenated alkanes) is 2. The minimum absolute atomic E-state index is 0.210. The van der Waals surface area contributed by atoms with Crippen molar-refractivity contribution in [1.29, 1.82) is 0 Å². The largest absolute Gasteiger partial charge is 0.465 e. The molecular formula is C13H18F5NO2. The number of allylic oxidation sites excluding steroid dienone is 1. The lowest BCUT2D eigenvalue weighted by molar-refractivity contribution is -0.284. The van der Waals surface area contributed by atoms with Crippen molar-refractivity contribution < 1.29 is 31.9 Å². The molecule has 122 valence electrons. The van der Waals surface area contributed by atoms with Gasteiger partial charge in [-0.05, 0) is 32.1 Å². The van der Waals surface area contributed by atoms with E-state index in [0.29, 0.717) is 19.4 Å². The molecule has 1 amide bonds. The van der Waals surface area contributed by atoms with Crippen LogP contribution in [0.25, 0.3) is 0 Å². The summed E-state index contributed by atoms with van der Waals surface area (Å²) >= 11 is 0. The van der Waals surface area contributed by atoms with Crippen LogP contribution < -0.4 is 0 Å². The number of rotatable bonds is 6. The highest BCUT2D eigenvalue weighted by atomic mass is 19.4. The molecule has 3 nitrogen and oxygen atoms in total. The van der Waals surface area contributed by atoms with Crippen LogP contribution in [0.3, 0.4) is 0 Å². The van der Waals surface area contributed by atoms with Gasteiger partial charge in [0.25, 0.3) is 0 Å². The molecule has 0 bridgehead atoms. The maximum Gasteiger partial charge on any atom is 0.453 e. The summed E-state index contributed by atoms with van der Waals surface area (Å²) in [6.07, 6.45) is -2.57. The number of alkyl halides is 5. The van der Waals surface area contributed by atoms with Crippen LogP contribution >= 0.6 is 0 Å². The zero-order chi connectivity index (χ0) is 16.1. The molecule has 8 heteroatoms. The Morgan fingerprint density at radius 1 is 1.24 bits per heavy atom. The molecule has 1 aliphatic rings. The first-order valence-corrected chi connectivity index (χ1v) is 6.76. The minimum Gasteiger partial charge on any atom is -0.465 e. The normalized spacial score (nSPS) is 20.4. The van der Waals surface area contributed by atoms with E-state index in [1.54, 1.807) is 12.2 Å². The smallest absolute Gasteiger partial charge is 0.453 e. The summed E-state index contributed by atoms with van der Waals surface area (Å²) in [7, 11) is 0. The summed E-state index contributed by atoms with van der Waals surface area (Å²) in [5.41, 5.74) is 0. The van der Waals surface area contributed by atoms with Crippen molar-refractivity contribution >= 4 is 6.09 Å². The number of hydrogen-bond donors (Lipinski definition) is 1. The van der Waals surface area contributed by atoms with Gasteiger partial charge in [0.05, 0.1) is 6.04 Å². The fourth-order valence-electron chi connectivity index (χ4n) is 2.23. The molecule has 1 aliphatic heterocycles. The number of likely N-dealkylation sites (tertiary alicyclic amines) is 1. The third kappa shape index (κ3) is 5.17. The summed E-state index contributed by atoms with van der Waals surface area (Å²) in [4.78, 5) is 12.1. The molecule has 0 unspecified atom stereocenters. The van der Waals surface area contributed by atoms with Crippen molar-refractivity contribution in [1.82, 2.24) is 4.90 Å². The van der Waals surface area contributed by atoms with Crippen molar-refractivity contribution in [3.63, 3.8) is 0 Å². The molecule has 0 radical (unpaired) electrons. The van der Waals surface area contributed by atoms with E-state index in [9.17, 15) is 26.7 Å². The van der Waals surface area contributed by atoms with Crippen LogP contribution in [0.15, 0.2) is 12.2 Å². The molecule has 0 aliphatic carbocycles. The van der Waals surface area contributed by atoms with Crippen molar-refractivity contribution in [2.45, 2.75) is 56.7 Å². The predicted octanol–water partition coefficient (Wildman–Crippen LogP) is 4.44. The quantitative estimate of drug-likeness (QED) is 0.447. The van der Waals surface area contributed by atoms with Gasteiger partial charge in [-0.25, -0.2) is 4.79 Å². The first kappa shape index (κ1) is 17.7. The van der Waals surface area contributed by atoms with Crippen LogP contribution in [0.4, 0.5) is 26.7 Å². The van der Waals surface area contributed by atoms with Crippen LogP contribution in [0, 0.1) is 0 Å². The van der Waals surface area contributed by atoms with Gasteiger partial charge in [0, 0.05) is 13.0 Å². The maximum absolute atomic E-state index is 12.6. The molecule has 0 aromatic heterocycles. The highest BCUT2D eigenvalue weighted by Crippen LogP contribution is 2.39. The van der Waals surface area contributed by atoms with Crippen molar-refractivity contribution in [2.75, 3.05) is 6.54 Å². The molecule has 0 aromatic rings. The first-order chi connectivity index (χ1) is 9.65. The van der Waals surface area contributed by atoms with E-state index >= 15 is 0 Å². The van der Waals surface area contributed by atoms with E-state index < -0.39 is 24.6 Å². The summed E-state index contributed by atoms with van der Waals surface area (Å²) in [6, 6.07) is -0.223. The Bertz CT molecular complexity index is 381. The van der Waals surface area contributed by atoms with Gasteiger partial charge in [-0.1, -0.05) is 12.2 Å². The zero-order valence-corrected chi connectivity index (χ0v) is 11.4. The average molecular weight is 315 g/mol. The van der Waals surface area contributed by atoms with Crippen LogP contribution in [-0.4, -0.2) is 40.8 Å². The van der Waals surface area contributed by atoms with Crippen LogP contribution in [0.2, 0.25) is 0 Å². The monoisotopic (exact) mass is 315 g/mol. The van der Waals surface area contributed by atoms with Gasteiger partial charge in [-0.2, -0.15) is 22.0 Å². The second-order valence-corrected chi connectivity index (χ2v) is 5.06. The average Bonchev–Trinajstić information content (AvgIpc) is 2.80. The fourth-order valence-corrected chi connectivity index (χ4v) is 2.23. The minimum atomic E-state index is -5.49. The van der Waals surface area contributed by atoms with E-state index in [1.807, 2.05) is 0 Å². The number of nitrogens with zero attached hydrogens (tertiary/aromatic N) is 1. The summed E-state index contributed by atoms with van der Waals surface area (Å²) in [5.74, 6) is -4.64.